The number of hydrazine groups is 1. The summed E-state index contributed by atoms with van der Waals surface area (Å²) in [7, 11) is 0. The minimum absolute atomic E-state index is 0.0349. The number of benzene rings is 1. The van der Waals surface area contributed by atoms with Gasteiger partial charge in [0.25, 0.3) is 5.91 Å². The highest BCUT2D eigenvalue weighted by Crippen LogP contribution is 2.01. The first-order chi connectivity index (χ1) is 9.02. The summed E-state index contributed by atoms with van der Waals surface area (Å²) < 4.78 is 12.7. The number of rotatable bonds is 4. The molecule has 0 unspecified atom stereocenters. The molecule has 0 aliphatic rings. The monoisotopic (exact) mass is 267 g/mol. The largest absolute Gasteiger partial charge is 0.334 e. The molecule has 0 radical (unpaired) electrons. The van der Waals surface area contributed by atoms with Gasteiger partial charge in [-0.3, -0.25) is 10.2 Å². The van der Waals surface area contributed by atoms with Crippen LogP contribution < -0.4 is 16.2 Å². The molecule has 1 atom stereocenters. The van der Waals surface area contributed by atoms with E-state index in [0.29, 0.717) is 0 Å². The Labute approximate surface area is 111 Å². The molecule has 0 spiro atoms. The van der Waals surface area contributed by atoms with Crippen molar-refractivity contribution in [3.05, 3.63) is 35.6 Å². The van der Waals surface area contributed by atoms with Crippen LogP contribution in [-0.4, -0.2) is 18.0 Å². The SMILES string of the molecule is CCC[C@H](C)NC(=O)NNC(=O)c1ccc(F)cc1. The number of halogens is 1. The lowest BCUT2D eigenvalue weighted by Crippen LogP contribution is -2.49. The van der Waals surface area contributed by atoms with Crippen molar-refractivity contribution in [1.29, 1.82) is 0 Å². The van der Waals surface area contributed by atoms with E-state index >= 15 is 0 Å². The second kappa shape index (κ2) is 7.35. The fourth-order valence-electron chi connectivity index (χ4n) is 1.55. The third-order valence-corrected chi connectivity index (χ3v) is 2.50. The number of nitrogens with one attached hydrogen (secondary N) is 3. The van der Waals surface area contributed by atoms with Gasteiger partial charge in [-0.2, -0.15) is 0 Å². The van der Waals surface area contributed by atoms with Crippen LogP contribution in [0.25, 0.3) is 0 Å². The summed E-state index contributed by atoms with van der Waals surface area (Å²) in [4.78, 5) is 23.0. The van der Waals surface area contributed by atoms with Crippen LogP contribution in [0.2, 0.25) is 0 Å². The van der Waals surface area contributed by atoms with Crippen LogP contribution in [0.3, 0.4) is 0 Å². The molecule has 1 aromatic rings. The van der Waals surface area contributed by atoms with E-state index in [9.17, 15) is 14.0 Å². The third kappa shape index (κ3) is 5.37. The van der Waals surface area contributed by atoms with Gasteiger partial charge in [-0.25, -0.2) is 14.6 Å². The smallest absolute Gasteiger partial charge is 0.333 e. The van der Waals surface area contributed by atoms with Crippen LogP contribution in [0.5, 0.6) is 0 Å². The van der Waals surface area contributed by atoms with Crippen molar-refractivity contribution in [2.24, 2.45) is 0 Å². The molecule has 0 bridgehead atoms. The second-order valence-electron chi connectivity index (χ2n) is 4.25. The molecule has 6 heteroatoms. The lowest BCUT2D eigenvalue weighted by atomic mass is 10.2. The summed E-state index contributed by atoms with van der Waals surface area (Å²) >= 11 is 0. The van der Waals surface area contributed by atoms with Gasteiger partial charge in [-0.15, -0.1) is 0 Å². The first-order valence-electron chi connectivity index (χ1n) is 6.15. The average molecular weight is 267 g/mol. The van der Waals surface area contributed by atoms with Crippen molar-refractivity contribution >= 4 is 11.9 Å². The summed E-state index contributed by atoms with van der Waals surface area (Å²) in [5, 5.41) is 2.67. The van der Waals surface area contributed by atoms with E-state index < -0.39 is 17.8 Å². The van der Waals surface area contributed by atoms with Gasteiger partial charge in [0, 0.05) is 11.6 Å². The topological polar surface area (TPSA) is 70.2 Å². The molecule has 0 aromatic heterocycles. The average Bonchev–Trinajstić information content (AvgIpc) is 2.37. The molecular weight excluding hydrogens is 249 g/mol. The fourth-order valence-corrected chi connectivity index (χ4v) is 1.55. The molecule has 0 aliphatic carbocycles. The second-order valence-corrected chi connectivity index (χ2v) is 4.25. The minimum Gasteiger partial charge on any atom is -0.334 e. The highest BCUT2D eigenvalue weighted by molar-refractivity contribution is 5.95. The molecule has 0 fully saturated rings. The maximum atomic E-state index is 12.7. The van der Waals surface area contributed by atoms with Gasteiger partial charge in [0.05, 0.1) is 0 Å². The Kier molecular flexibility index (Phi) is 5.78. The number of urea groups is 1. The molecule has 3 N–H and O–H groups in total. The first kappa shape index (κ1) is 14.9. The number of hydrogen-bond donors (Lipinski definition) is 3. The van der Waals surface area contributed by atoms with E-state index in [1.54, 1.807) is 0 Å². The van der Waals surface area contributed by atoms with Gasteiger partial charge in [-0.1, -0.05) is 13.3 Å². The minimum atomic E-state index is -0.502. The van der Waals surface area contributed by atoms with E-state index in [-0.39, 0.29) is 11.6 Å². The van der Waals surface area contributed by atoms with Gasteiger partial charge in [0.2, 0.25) is 0 Å². The molecule has 0 saturated heterocycles. The number of amides is 3. The van der Waals surface area contributed by atoms with E-state index in [1.165, 1.54) is 24.3 Å². The van der Waals surface area contributed by atoms with Gasteiger partial charge in [-0.05, 0) is 37.6 Å². The maximum absolute atomic E-state index is 12.7. The molecule has 0 heterocycles. The van der Waals surface area contributed by atoms with E-state index in [1.807, 2.05) is 13.8 Å². The Balaban J connectivity index is 2.37. The summed E-state index contributed by atoms with van der Waals surface area (Å²) in [6, 6.07) is 4.59. The molecule has 1 aromatic carbocycles. The summed E-state index contributed by atoms with van der Waals surface area (Å²) in [5.41, 5.74) is 4.75. The summed E-state index contributed by atoms with van der Waals surface area (Å²) in [5.74, 6) is -0.922. The molecule has 1 rings (SSSR count). The number of carbonyl (C=O) groups excluding carboxylic acids is 2. The van der Waals surface area contributed by atoms with E-state index in [0.717, 1.165) is 12.8 Å². The van der Waals surface area contributed by atoms with Crippen molar-refractivity contribution in [3.8, 4) is 0 Å². The van der Waals surface area contributed by atoms with E-state index in [4.69, 9.17) is 0 Å². The number of carbonyl (C=O) groups is 2. The van der Waals surface area contributed by atoms with Crippen molar-refractivity contribution in [1.82, 2.24) is 16.2 Å². The van der Waals surface area contributed by atoms with Crippen molar-refractivity contribution in [2.45, 2.75) is 32.7 Å². The summed E-state index contributed by atoms with van der Waals surface area (Å²) in [6.45, 7) is 3.90. The van der Waals surface area contributed by atoms with Crippen molar-refractivity contribution in [2.75, 3.05) is 0 Å². The highest BCUT2D eigenvalue weighted by atomic mass is 19.1. The van der Waals surface area contributed by atoms with Gasteiger partial charge in [0.1, 0.15) is 5.82 Å². The molecule has 3 amide bonds. The lowest BCUT2D eigenvalue weighted by Gasteiger charge is -2.14. The molecule has 5 nitrogen and oxygen atoms in total. The standard InChI is InChI=1S/C13H18FN3O2/c1-3-4-9(2)15-13(19)17-16-12(18)10-5-7-11(14)8-6-10/h5-9H,3-4H2,1-2H3,(H,16,18)(H2,15,17,19)/t9-/m0/s1. The van der Waals surface area contributed by atoms with Crippen molar-refractivity contribution < 1.29 is 14.0 Å². The Morgan fingerprint density at radius 2 is 1.84 bits per heavy atom. The first-order valence-corrected chi connectivity index (χ1v) is 6.15. The maximum Gasteiger partial charge on any atom is 0.333 e. The Hall–Kier alpha value is -2.11. The van der Waals surface area contributed by atoms with Crippen molar-refractivity contribution in [3.63, 3.8) is 0 Å². The molecule has 0 saturated carbocycles. The van der Waals surface area contributed by atoms with Gasteiger partial charge >= 0.3 is 6.03 Å². The third-order valence-electron chi connectivity index (χ3n) is 2.50. The zero-order valence-corrected chi connectivity index (χ0v) is 11.0. The Bertz CT molecular complexity index is 434. The summed E-state index contributed by atoms with van der Waals surface area (Å²) in [6.07, 6.45) is 1.82. The quantitative estimate of drug-likeness (QED) is 0.730. The number of hydrogen-bond acceptors (Lipinski definition) is 2. The lowest BCUT2D eigenvalue weighted by molar-refractivity contribution is 0.0936. The van der Waals surface area contributed by atoms with Crippen LogP contribution in [0.15, 0.2) is 24.3 Å². The Morgan fingerprint density at radius 3 is 2.42 bits per heavy atom. The fraction of sp³-hybridized carbons (Fsp3) is 0.385. The van der Waals surface area contributed by atoms with Crippen LogP contribution >= 0.6 is 0 Å². The van der Waals surface area contributed by atoms with Crippen LogP contribution in [0.4, 0.5) is 9.18 Å². The normalized spacial score (nSPS) is 11.5. The predicted octanol–water partition coefficient (Wildman–Crippen LogP) is 1.96. The van der Waals surface area contributed by atoms with E-state index in [2.05, 4.69) is 16.2 Å². The van der Waals surface area contributed by atoms with Gasteiger partial charge in [0.15, 0.2) is 0 Å². The van der Waals surface area contributed by atoms with Gasteiger partial charge < -0.3 is 5.32 Å². The van der Waals surface area contributed by atoms with Crippen LogP contribution in [0.1, 0.15) is 37.0 Å². The van der Waals surface area contributed by atoms with Crippen LogP contribution in [-0.2, 0) is 0 Å². The molecule has 0 aliphatic heterocycles. The Morgan fingerprint density at radius 1 is 1.21 bits per heavy atom. The highest BCUT2D eigenvalue weighted by Gasteiger charge is 2.09. The molecule has 19 heavy (non-hydrogen) atoms. The zero-order chi connectivity index (χ0) is 14.3. The molecule has 104 valence electrons. The van der Waals surface area contributed by atoms with Crippen LogP contribution in [0, 0.1) is 5.82 Å². The zero-order valence-electron chi connectivity index (χ0n) is 11.0. The predicted molar refractivity (Wildman–Crippen MR) is 69.9 cm³/mol. The molecular formula is C13H18FN3O2.